The lowest BCUT2D eigenvalue weighted by Gasteiger charge is -2.22. The molecule has 1 aromatic carbocycles. The van der Waals surface area contributed by atoms with Crippen LogP contribution in [0.1, 0.15) is 12.8 Å². The standard InChI is InChI=1S/C19H16Cl2N2O4/c20-9-1-4-13(12(21)7-9)27-8-14(24)22-23-17(25)15-10-2-3-11(16(15)18(23)26)19(10)5-6-19/h1-4,7,10-11,15-16H,5-6,8H2,(H,22,24)/t10-,11+,15-,16-/m0/s1. The van der Waals surface area contributed by atoms with Crippen LogP contribution in [0.4, 0.5) is 0 Å². The van der Waals surface area contributed by atoms with Crippen molar-refractivity contribution in [1.82, 2.24) is 10.4 Å². The van der Waals surface area contributed by atoms with E-state index in [1.54, 1.807) is 12.1 Å². The molecule has 27 heavy (non-hydrogen) atoms. The molecule has 4 atom stereocenters. The first-order valence-corrected chi connectivity index (χ1v) is 9.61. The van der Waals surface area contributed by atoms with E-state index in [0.717, 1.165) is 17.9 Å². The SMILES string of the molecule is O=C(COc1ccc(Cl)cc1Cl)NN1C(=O)[C@@H]2[C@@H](C1=O)[C@@H]1C=C[C@H]2C12CC2. The second-order valence-electron chi connectivity index (χ2n) is 7.63. The number of carbonyl (C=O) groups excluding carboxylic acids is 3. The Morgan fingerprint density at radius 3 is 2.33 bits per heavy atom. The maximum absolute atomic E-state index is 12.8. The average Bonchev–Trinajstić information content (AvgIpc) is 3.24. The van der Waals surface area contributed by atoms with Crippen molar-refractivity contribution < 1.29 is 19.1 Å². The number of nitrogens with zero attached hydrogens (tertiary/aromatic N) is 1. The van der Waals surface area contributed by atoms with Crippen molar-refractivity contribution in [2.75, 3.05) is 6.61 Å². The van der Waals surface area contributed by atoms with E-state index in [1.165, 1.54) is 6.07 Å². The second kappa shape index (κ2) is 5.72. The summed E-state index contributed by atoms with van der Waals surface area (Å²) in [6.45, 7) is -0.372. The number of benzene rings is 1. The van der Waals surface area contributed by atoms with Crippen molar-refractivity contribution in [3.05, 3.63) is 40.4 Å². The van der Waals surface area contributed by atoms with Gasteiger partial charge in [-0.2, -0.15) is 5.01 Å². The van der Waals surface area contributed by atoms with Crippen LogP contribution in [0.15, 0.2) is 30.4 Å². The van der Waals surface area contributed by atoms with Crippen molar-refractivity contribution in [1.29, 1.82) is 0 Å². The lowest BCUT2D eigenvalue weighted by molar-refractivity contribution is -0.150. The highest BCUT2D eigenvalue weighted by Crippen LogP contribution is 2.73. The average molecular weight is 407 g/mol. The fourth-order valence-electron chi connectivity index (χ4n) is 5.08. The molecule has 6 nitrogen and oxygen atoms in total. The van der Waals surface area contributed by atoms with E-state index >= 15 is 0 Å². The summed E-state index contributed by atoms with van der Waals surface area (Å²) >= 11 is 11.8. The van der Waals surface area contributed by atoms with Crippen LogP contribution in [0.2, 0.25) is 10.0 Å². The fraction of sp³-hybridized carbons (Fsp3) is 0.421. The Morgan fingerprint density at radius 1 is 1.15 bits per heavy atom. The van der Waals surface area contributed by atoms with E-state index in [4.69, 9.17) is 27.9 Å². The van der Waals surface area contributed by atoms with E-state index < -0.39 is 5.91 Å². The molecule has 1 aliphatic heterocycles. The predicted molar refractivity (Wildman–Crippen MR) is 96.7 cm³/mol. The quantitative estimate of drug-likeness (QED) is 0.615. The number of carbonyl (C=O) groups is 3. The zero-order valence-electron chi connectivity index (χ0n) is 14.2. The summed E-state index contributed by atoms with van der Waals surface area (Å²) in [5.41, 5.74) is 2.53. The molecule has 0 radical (unpaired) electrons. The summed E-state index contributed by atoms with van der Waals surface area (Å²) < 4.78 is 5.36. The molecular formula is C19H16Cl2N2O4. The maximum Gasteiger partial charge on any atom is 0.276 e. The highest BCUT2D eigenvalue weighted by Gasteiger charge is 2.73. The molecule has 4 aliphatic rings. The van der Waals surface area contributed by atoms with Crippen molar-refractivity contribution in [2.24, 2.45) is 29.1 Å². The summed E-state index contributed by atoms with van der Waals surface area (Å²) in [6.07, 6.45) is 6.32. The Labute approximate surface area is 165 Å². The molecule has 2 saturated carbocycles. The van der Waals surface area contributed by atoms with Gasteiger partial charge in [-0.25, -0.2) is 0 Å². The normalized spacial score (nSPS) is 31.6. The van der Waals surface area contributed by atoms with Crippen LogP contribution in [0, 0.1) is 29.1 Å². The molecule has 1 aromatic rings. The van der Waals surface area contributed by atoms with Crippen molar-refractivity contribution >= 4 is 40.9 Å². The number of hydrazine groups is 1. The van der Waals surface area contributed by atoms with Crippen molar-refractivity contribution in [3.8, 4) is 5.75 Å². The largest absolute Gasteiger partial charge is 0.482 e. The van der Waals surface area contributed by atoms with E-state index in [2.05, 4.69) is 17.6 Å². The molecule has 1 N–H and O–H groups in total. The van der Waals surface area contributed by atoms with Gasteiger partial charge in [-0.1, -0.05) is 35.4 Å². The smallest absolute Gasteiger partial charge is 0.276 e. The van der Waals surface area contributed by atoms with Gasteiger partial charge in [0.2, 0.25) is 0 Å². The molecule has 1 saturated heterocycles. The van der Waals surface area contributed by atoms with Gasteiger partial charge in [-0.15, -0.1) is 0 Å². The molecule has 3 fully saturated rings. The van der Waals surface area contributed by atoms with Gasteiger partial charge >= 0.3 is 0 Å². The minimum atomic E-state index is -0.593. The number of hydrogen-bond donors (Lipinski definition) is 1. The summed E-state index contributed by atoms with van der Waals surface area (Å²) in [7, 11) is 0. The number of allylic oxidation sites excluding steroid dienone is 2. The third kappa shape index (κ3) is 2.36. The van der Waals surface area contributed by atoms with Gasteiger partial charge < -0.3 is 4.74 Å². The van der Waals surface area contributed by atoms with Crippen LogP contribution in [-0.4, -0.2) is 29.3 Å². The van der Waals surface area contributed by atoms with Crippen LogP contribution >= 0.6 is 23.2 Å². The number of amides is 3. The molecule has 5 rings (SSSR count). The molecule has 2 bridgehead atoms. The molecule has 0 unspecified atom stereocenters. The second-order valence-corrected chi connectivity index (χ2v) is 8.48. The highest BCUT2D eigenvalue weighted by molar-refractivity contribution is 6.35. The summed E-state index contributed by atoms with van der Waals surface area (Å²) in [5, 5.41) is 1.61. The van der Waals surface area contributed by atoms with E-state index in [9.17, 15) is 14.4 Å². The Balaban J connectivity index is 1.25. The van der Waals surface area contributed by atoms with Gasteiger partial charge in [-0.05, 0) is 48.3 Å². The first-order valence-electron chi connectivity index (χ1n) is 8.86. The Hall–Kier alpha value is -2.05. The predicted octanol–water partition coefficient (Wildman–Crippen LogP) is 2.60. The lowest BCUT2D eigenvalue weighted by Crippen LogP contribution is -2.49. The van der Waals surface area contributed by atoms with Crippen LogP contribution in [0.25, 0.3) is 0 Å². The zero-order valence-corrected chi connectivity index (χ0v) is 15.7. The van der Waals surface area contributed by atoms with E-state index in [-0.39, 0.29) is 52.5 Å². The molecule has 140 valence electrons. The first-order chi connectivity index (χ1) is 12.9. The minimum Gasteiger partial charge on any atom is -0.482 e. The molecule has 1 spiro atoms. The third-order valence-corrected chi connectivity index (χ3v) is 6.87. The summed E-state index contributed by atoms with van der Waals surface area (Å²) in [5.74, 6) is -1.37. The third-order valence-electron chi connectivity index (χ3n) is 6.34. The van der Waals surface area contributed by atoms with Gasteiger partial charge in [0, 0.05) is 5.02 Å². The Bertz CT molecular complexity index is 877. The number of ether oxygens (including phenoxy) is 1. The number of nitrogens with one attached hydrogen (secondary N) is 1. The molecule has 3 amide bonds. The molecule has 3 aliphatic carbocycles. The molecule has 1 heterocycles. The Kier molecular flexibility index (Phi) is 3.62. The number of rotatable bonds is 4. The minimum absolute atomic E-state index is 0.120. The van der Waals surface area contributed by atoms with Gasteiger partial charge in [0.25, 0.3) is 17.7 Å². The van der Waals surface area contributed by atoms with E-state index in [0.29, 0.717) is 10.8 Å². The van der Waals surface area contributed by atoms with Crippen LogP contribution in [0.3, 0.4) is 0 Å². The first kappa shape index (κ1) is 17.1. The van der Waals surface area contributed by atoms with Crippen molar-refractivity contribution in [3.63, 3.8) is 0 Å². The van der Waals surface area contributed by atoms with E-state index in [1.807, 2.05) is 0 Å². The monoisotopic (exact) mass is 406 g/mol. The maximum atomic E-state index is 12.8. The molecule has 8 heteroatoms. The number of halogens is 2. The summed E-state index contributed by atoms with van der Waals surface area (Å²) in [6, 6.07) is 4.64. The topological polar surface area (TPSA) is 75.7 Å². The van der Waals surface area contributed by atoms with Gasteiger partial charge in [-0.3, -0.25) is 19.8 Å². The van der Waals surface area contributed by atoms with Gasteiger partial charge in [0.05, 0.1) is 16.9 Å². The van der Waals surface area contributed by atoms with Crippen molar-refractivity contribution in [2.45, 2.75) is 12.8 Å². The number of hydrogen-bond acceptors (Lipinski definition) is 4. The Morgan fingerprint density at radius 2 is 1.78 bits per heavy atom. The summed E-state index contributed by atoms with van der Waals surface area (Å²) in [4.78, 5) is 37.8. The highest BCUT2D eigenvalue weighted by atomic mass is 35.5. The van der Waals surface area contributed by atoms with Crippen LogP contribution < -0.4 is 10.2 Å². The van der Waals surface area contributed by atoms with Gasteiger partial charge in [0.1, 0.15) is 5.75 Å². The molecular weight excluding hydrogens is 391 g/mol. The molecule has 0 aromatic heterocycles. The number of imide groups is 1. The fourth-order valence-corrected chi connectivity index (χ4v) is 5.54. The van der Waals surface area contributed by atoms with Crippen LogP contribution in [-0.2, 0) is 14.4 Å². The lowest BCUT2D eigenvalue weighted by atomic mass is 9.85. The van der Waals surface area contributed by atoms with Crippen LogP contribution in [0.5, 0.6) is 5.75 Å². The number of fused-ring (bicyclic) bond motifs is 3. The zero-order chi connectivity index (χ0) is 18.9. The van der Waals surface area contributed by atoms with Gasteiger partial charge in [0.15, 0.2) is 6.61 Å².